The third kappa shape index (κ3) is 5.94. The lowest BCUT2D eigenvalue weighted by Crippen LogP contribution is -2.45. The molecule has 0 radical (unpaired) electrons. The van der Waals surface area contributed by atoms with Gasteiger partial charge in [0.15, 0.2) is 0 Å². The molecule has 0 aliphatic carbocycles. The van der Waals surface area contributed by atoms with Crippen LogP contribution in [0.3, 0.4) is 0 Å². The summed E-state index contributed by atoms with van der Waals surface area (Å²) in [6, 6.07) is 0.321. The normalized spacial score (nSPS) is 19.9. The number of nitrogens with one attached hydrogen (secondary N) is 1. The fourth-order valence-corrected chi connectivity index (χ4v) is 2.63. The van der Waals surface area contributed by atoms with E-state index in [0.717, 1.165) is 5.92 Å². The van der Waals surface area contributed by atoms with Gasteiger partial charge in [0.25, 0.3) is 0 Å². The summed E-state index contributed by atoms with van der Waals surface area (Å²) in [5.41, 5.74) is 0. The van der Waals surface area contributed by atoms with Gasteiger partial charge in [-0.2, -0.15) is 0 Å². The summed E-state index contributed by atoms with van der Waals surface area (Å²) in [6.45, 7) is 14.3. The summed E-state index contributed by atoms with van der Waals surface area (Å²) in [5, 5.41) is 3.16. The second kappa shape index (κ2) is 7.88. The molecule has 0 aromatic carbocycles. The summed E-state index contributed by atoms with van der Waals surface area (Å²) >= 11 is 0. The topological polar surface area (TPSA) is 32.3 Å². The van der Waals surface area contributed by atoms with Gasteiger partial charge in [-0.05, 0) is 57.7 Å². The minimum absolute atomic E-state index is 0.0913. The highest BCUT2D eigenvalue weighted by molar-refractivity contribution is 5.78. The summed E-state index contributed by atoms with van der Waals surface area (Å²) in [6.07, 6.45) is 3.74. The van der Waals surface area contributed by atoms with Crippen molar-refractivity contribution in [2.75, 3.05) is 19.6 Å². The van der Waals surface area contributed by atoms with Gasteiger partial charge in [0.1, 0.15) is 0 Å². The number of rotatable bonds is 6. The van der Waals surface area contributed by atoms with E-state index in [-0.39, 0.29) is 11.8 Å². The number of likely N-dealkylation sites (tertiary alicyclic amines) is 1. The molecule has 0 spiro atoms. The second-order valence-electron chi connectivity index (χ2n) is 6.81. The first-order chi connectivity index (χ1) is 8.90. The standard InChI is InChI=1S/C16H32N2O/c1-12(2)6-9-18-10-7-15(8-11-18)14(5)17-16(19)13(3)4/h12-15H,6-11H2,1-5H3,(H,17,19). The van der Waals surface area contributed by atoms with Gasteiger partial charge in [-0.15, -0.1) is 0 Å². The first-order valence-corrected chi connectivity index (χ1v) is 7.92. The van der Waals surface area contributed by atoms with Crippen molar-refractivity contribution >= 4 is 5.91 Å². The van der Waals surface area contributed by atoms with E-state index < -0.39 is 0 Å². The zero-order valence-electron chi connectivity index (χ0n) is 13.4. The Morgan fingerprint density at radius 2 is 1.74 bits per heavy atom. The number of carbonyl (C=O) groups excluding carboxylic acids is 1. The number of amides is 1. The van der Waals surface area contributed by atoms with Gasteiger partial charge >= 0.3 is 0 Å². The third-order valence-corrected chi connectivity index (χ3v) is 4.26. The van der Waals surface area contributed by atoms with Crippen molar-refractivity contribution in [1.29, 1.82) is 0 Å². The molecule has 1 aliphatic heterocycles. The SMILES string of the molecule is CC(C)CCN1CCC(C(C)NC(=O)C(C)C)CC1. The van der Waals surface area contributed by atoms with Crippen LogP contribution in [0.15, 0.2) is 0 Å². The highest BCUT2D eigenvalue weighted by atomic mass is 16.1. The van der Waals surface area contributed by atoms with Gasteiger partial charge in [0, 0.05) is 12.0 Å². The Labute approximate surface area is 119 Å². The lowest BCUT2D eigenvalue weighted by atomic mass is 9.90. The Bertz CT molecular complexity index is 268. The van der Waals surface area contributed by atoms with E-state index in [9.17, 15) is 4.79 Å². The van der Waals surface area contributed by atoms with Gasteiger partial charge in [-0.3, -0.25) is 4.79 Å². The maximum absolute atomic E-state index is 11.7. The molecule has 1 N–H and O–H groups in total. The van der Waals surface area contributed by atoms with Gasteiger partial charge in [0.2, 0.25) is 5.91 Å². The van der Waals surface area contributed by atoms with E-state index in [4.69, 9.17) is 0 Å². The van der Waals surface area contributed by atoms with Crippen LogP contribution in [0.4, 0.5) is 0 Å². The van der Waals surface area contributed by atoms with Gasteiger partial charge in [-0.1, -0.05) is 27.7 Å². The molecule has 1 atom stereocenters. The van der Waals surface area contributed by atoms with Crippen LogP contribution < -0.4 is 5.32 Å². The predicted molar refractivity (Wildman–Crippen MR) is 81.1 cm³/mol. The molecule has 0 saturated carbocycles. The summed E-state index contributed by atoms with van der Waals surface area (Å²) in [5.74, 6) is 1.73. The van der Waals surface area contributed by atoms with Gasteiger partial charge < -0.3 is 10.2 Å². The van der Waals surface area contributed by atoms with Crippen molar-refractivity contribution in [3.8, 4) is 0 Å². The van der Waals surface area contributed by atoms with Crippen LogP contribution in [0.5, 0.6) is 0 Å². The molecule has 1 saturated heterocycles. The number of nitrogens with zero attached hydrogens (tertiary/aromatic N) is 1. The van der Waals surface area contributed by atoms with Gasteiger partial charge in [0.05, 0.1) is 0 Å². The Morgan fingerprint density at radius 1 is 1.16 bits per heavy atom. The first-order valence-electron chi connectivity index (χ1n) is 7.92. The van der Waals surface area contributed by atoms with Crippen LogP contribution in [0.1, 0.15) is 53.9 Å². The van der Waals surface area contributed by atoms with Crippen molar-refractivity contribution in [3.63, 3.8) is 0 Å². The van der Waals surface area contributed by atoms with Crippen molar-refractivity contribution in [2.45, 2.75) is 59.9 Å². The lowest BCUT2D eigenvalue weighted by molar-refractivity contribution is -0.125. The number of carbonyl (C=O) groups is 1. The maximum Gasteiger partial charge on any atom is 0.222 e. The largest absolute Gasteiger partial charge is 0.353 e. The molecule has 1 aliphatic rings. The zero-order valence-corrected chi connectivity index (χ0v) is 13.4. The molecule has 3 nitrogen and oxygen atoms in total. The maximum atomic E-state index is 11.7. The fourth-order valence-electron chi connectivity index (χ4n) is 2.63. The monoisotopic (exact) mass is 268 g/mol. The molecule has 19 heavy (non-hydrogen) atoms. The molecule has 1 unspecified atom stereocenters. The Morgan fingerprint density at radius 3 is 2.21 bits per heavy atom. The smallest absolute Gasteiger partial charge is 0.222 e. The average Bonchev–Trinajstić information content (AvgIpc) is 2.36. The van der Waals surface area contributed by atoms with Crippen LogP contribution in [0.25, 0.3) is 0 Å². The number of hydrogen-bond acceptors (Lipinski definition) is 2. The van der Waals surface area contributed by atoms with E-state index in [1.807, 2.05) is 13.8 Å². The number of piperidine rings is 1. The Kier molecular flexibility index (Phi) is 6.84. The molecule has 0 bridgehead atoms. The molecule has 1 amide bonds. The minimum atomic E-state index is 0.0913. The van der Waals surface area contributed by atoms with E-state index in [2.05, 4.69) is 31.0 Å². The molecular formula is C16H32N2O. The van der Waals surface area contributed by atoms with Crippen LogP contribution in [-0.4, -0.2) is 36.5 Å². The highest BCUT2D eigenvalue weighted by Crippen LogP contribution is 2.21. The molecule has 1 rings (SSSR count). The van der Waals surface area contributed by atoms with Crippen LogP contribution in [0.2, 0.25) is 0 Å². The van der Waals surface area contributed by atoms with Crippen LogP contribution >= 0.6 is 0 Å². The molecule has 1 heterocycles. The number of hydrogen-bond donors (Lipinski definition) is 1. The van der Waals surface area contributed by atoms with E-state index >= 15 is 0 Å². The third-order valence-electron chi connectivity index (χ3n) is 4.26. The van der Waals surface area contributed by atoms with Crippen molar-refractivity contribution < 1.29 is 4.79 Å². The van der Waals surface area contributed by atoms with Crippen LogP contribution in [0, 0.1) is 17.8 Å². The zero-order chi connectivity index (χ0) is 14.4. The Balaban J connectivity index is 2.27. The van der Waals surface area contributed by atoms with E-state index in [0.29, 0.717) is 12.0 Å². The van der Waals surface area contributed by atoms with Crippen molar-refractivity contribution in [2.24, 2.45) is 17.8 Å². The highest BCUT2D eigenvalue weighted by Gasteiger charge is 2.25. The molecule has 112 valence electrons. The van der Waals surface area contributed by atoms with E-state index in [1.54, 1.807) is 0 Å². The molecule has 0 aromatic rings. The first kappa shape index (κ1) is 16.5. The van der Waals surface area contributed by atoms with E-state index in [1.165, 1.54) is 38.9 Å². The van der Waals surface area contributed by atoms with Crippen molar-refractivity contribution in [1.82, 2.24) is 10.2 Å². The van der Waals surface area contributed by atoms with Crippen LogP contribution in [-0.2, 0) is 4.79 Å². The van der Waals surface area contributed by atoms with Gasteiger partial charge in [-0.25, -0.2) is 0 Å². The molecule has 3 heteroatoms. The predicted octanol–water partition coefficient (Wildman–Crippen LogP) is 2.91. The Hall–Kier alpha value is -0.570. The summed E-state index contributed by atoms with van der Waals surface area (Å²) < 4.78 is 0. The second-order valence-corrected chi connectivity index (χ2v) is 6.81. The minimum Gasteiger partial charge on any atom is -0.353 e. The van der Waals surface area contributed by atoms with Crippen molar-refractivity contribution in [3.05, 3.63) is 0 Å². The average molecular weight is 268 g/mol. The lowest BCUT2D eigenvalue weighted by Gasteiger charge is -2.35. The molecular weight excluding hydrogens is 236 g/mol. The quantitative estimate of drug-likeness (QED) is 0.803. The summed E-state index contributed by atoms with van der Waals surface area (Å²) in [4.78, 5) is 14.3. The fraction of sp³-hybridized carbons (Fsp3) is 0.938. The summed E-state index contributed by atoms with van der Waals surface area (Å²) in [7, 11) is 0. The molecule has 1 fully saturated rings. The molecule has 0 aromatic heterocycles.